The molecule has 2 aliphatic rings. The van der Waals surface area contributed by atoms with Gasteiger partial charge in [-0.2, -0.15) is 0 Å². The Balaban J connectivity index is 1.58. The molecular formula is C23H30N4O3S. The molecule has 2 N–H and O–H groups in total. The maximum Gasteiger partial charge on any atom is 0.236 e. The number of ether oxygens (including phenoxy) is 1. The molecule has 4 rings (SSSR count). The number of hydrogen-bond donors (Lipinski definition) is 2. The van der Waals surface area contributed by atoms with Crippen LogP contribution in [0.2, 0.25) is 0 Å². The second kappa shape index (κ2) is 8.59. The minimum absolute atomic E-state index is 0.111. The third-order valence-corrected chi connectivity index (χ3v) is 8.10. The Morgan fingerprint density at radius 3 is 2.81 bits per heavy atom. The molecule has 1 aliphatic carbocycles. The quantitative estimate of drug-likeness (QED) is 0.687. The topological polar surface area (TPSA) is 95.4 Å². The predicted octanol–water partition coefficient (Wildman–Crippen LogP) is 2.96. The summed E-state index contributed by atoms with van der Waals surface area (Å²) in [5, 5.41) is -0.315. The number of aromatic nitrogens is 1. The molecule has 1 atom stereocenters. The number of fused-ring (bicyclic) bond motifs is 1. The van der Waals surface area contributed by atoms with E-state index in [0.29, 0.717) is 25.0 Å². The summed E-state index contributed by atoms with van der Waals surface area (Å²) in [6.45, 7) is 5.32. The van der Waals surface area contributed by atoms with E-state index in [1.807, 2.05) is 18.2 Å². The van der Waals surface area contributed by atoms with E-state index in [9.17, 15) is 9.00 Å². The molecule has 1 aromatic heterocycles. The van der Waals surface area contributed by atoms with Crippen molar-refractivity contribution in [2.75, 3.05) is 20.2 Å². The molecular weight excluding hydrogens is 412 g/mol. The molecule has 166 valence electrons. The molecule has 1 saturated heterocycles. The summed E-state index contributed by atoms with van der Waals surface area (Å²) in [5.41, 5.74) is 5.32. The van der Waals surface area contributed by atoms with E-state index in [0.717, 1.165) is 36.0 Å². The SMILES string of the molecule is COc1cc(-c2ccc3c(c2CC(=O)NS(=N)(=O)C2CN(C(C)C)C2)CCC3)ccn1. The highest BCUT2D eigenvalue weighted by Crippen LogP contribution is 2.34. The third kappa shape index (κ3) is 4.45. The summed E-state index contributed by atoms with van der Waals surface area (Å²) in [7, 11) is -1.60. The lowest BCUT2D eigenvalue weighted by Crippen LogP contribution is -2.59. The van der Waals surface area contributed by atoms with Gasteiger partial charge in [-0.15, -0.1) is 0 Å². The van der Waals surface area contributed by atoms with Gasteiger partial charge < -0.3 is 4.74 Å². The monoisotopic (exact) mass is 442 g/mol. The van der Waals surface area contributed by atoms with Crippen molar-refractivity contribution in [3.8, 4) is 17.0 Å². The van der Waals surface area contributed by atoms with Crippen molar-refractivity contribution < 1.29 is 13.7 Å². The molecule has 0 saturated carbocycles. The van der Waals surface area contributed by atoms with Crippen LogP contribution in [0.1, 0.15) is 37.0 Å². The number of benzene rings is 1. The molecule has 0 radical (unpaired) electrons. The average molecular weight is 443 g/mol. The molecule has 1 fully saturated rings. The smallest absolute Gasteiger partial charge is 0.236 e. The van der Waals surface area contributed by atoms with E-state index in [1.165, 1.54) is 11.1 Å². The van der Waals surface area contributed by atoms with E-state index in [2.05, 4.69) is 34.5 Å². The second-order valence-electron chi connectivity index (χ2n) is 8.64. The van der Waals surface area contributed by atoms with Crippen LogP contribution in [0.25, 0.3) is 11.1 Å². The molecule has 2 aromatic rings. The fraction of sp³-hybridized carbons (Fsp3) is 0.478. The number of hydrogen-bond acceptors (Lipinski definition) is 6. The summed E-state index contributed by atoms with van der Waals surface area (Å²) in [6, 6.07) is 8.30. The van der Waals surface area contributed by atoms with Crippen LogP contribution >= 0.6 is 0 Å². The fourth-order valence-corrected chi connectivity index (χ4v) is 5.83. The van der Waals surface area contributed by atoms with Crippen LogP contribution in [-0.2, 0) is 34.0 Å². The number of amides is 1. The normalized spacial score (nSPS) is 18.3. The van der Waals surface area contributed by atoms with Crippen LogP contribution in [0, 0.1) is 4.78 Å². The third-order valence-electron chi connectivity index (χ3n) is 6.33. The number of rotatable bonds is 7. The summed E-state index contributed by atoms with van der Waals surface area (Å²) in [5.74, 6) is 0.160. The minimum atomic E-state index is -3.18. The summed E-state index contributed by atoms with van der Waals surface area (Å²) in [6.07, 6.45) is 4.80. The lowest BCUT2D eigenvalue weighted by molar-refractivity contribution is -0.118. The van der Waals surface area contributed by atoms with Crippen LogP contribution < -0.4 is 9.46 Å². The molecule has 31 heavy (non-hydrogen) atoms. The lowest BCUT2D eigenvalue weighted by Gasteiger charge is -2.42. The first-order valence-electron chi connectivity index (χ1n) is 10.7. The Kier molecular flexibility index (Phi) is 6.03. The molecule has 1 aliphatic heterocycles. The molecule has 1 aromatic carbocycles. The zero-order valence-electron chi connectivity index (χ0n) is 18.3. The Labute approximate surface area is 184 Å². The summed E-state index contributed by atoms with van der Waals surface area (Å²) in [4.78, 5) is 19.3. The molecule has 1 unspecified atom stereocenters. The number of methoxy groups -OCH3 is 1. The molecule has 0 bridgehead atoms. The maximum atomic E-state index is 12.9. The van der Waals surface area contributed by atoms with Gasteiger partial charge in [0.2, 0.25) is 11.8 Å². The Bertz CT molecular complexity index is 1090. The number of carbonyl (C=O) groups excluding carboxylic acids is 1. The molecule has 7 nitrogen and oxygen atoms in total. The number of pyridine rings is 1. The highest BCUT2D eigenvalue weighted by Gasteiger charge is 2.37. The summed E-state index contributed by atoms with van der Waals surface area (Å²) >= 11 is 0. The predicted molar refractivity (Wildman–Crippen MR) is 121 cm³/mol. The van der Waals surface area contributed by atoms with Gasteiger partial charge in [-0.25, -0.2) is 14.0 Å². The van der Waals surface area contributed by atoms with E-state index in [-0.39, 0.29) is 17.6 Å². The van der Waals surface area contributed by atoms with Gasteiger partial charge in [0, 0.05) is 31.4 Å². The number of carbonyl (C=O) groups is 1. The van der Waals surface area contributed by atoms with Crippen LogP contribution in [0.3, 0.4) is 0 Å². The zero-order chi connectivity index (χ0) is 22.2. The van der Waals surface area contributed by atoms with Crippen molar-refractivity contribution >= 4 is 15.8 Å². The highest BCUT2D eigenvalue weighted by molar-refractivity contribution is 7.91. The van der Waals surface area contributed by atoms with Gasteiger partial charge >= 0.3 is 0 Å². The maximum absolute atomic E-state index is 12.9. The average Bonchev–Trinajstić information content (AvgIpc) is 3.15. The van der Waals surface area contributed by atoms with Crippen LogP contribution in [0.15, 0.2) is 30.5 Å². The van der Waals surface area contributed by atoms with E-state index in [4.69, 9.17) is 9.52 Å². The molecule has 8 heteroatoms. The van der Waals surface area contributed by atoms with Gasteiger partial charge in [-0.1, -0.05) is 12.1 Å². The fourth-order valence-electron chi connectivity index (χ4n) is 4.45. The van der Waals surface area contributed by atoms with Crippen molar-refractivity contribution in [3.63, 3.8) is 0 Å². The van der Waals surface area contributed by atoms with Gasteiger partial charge in [0.05, 0.1) is 18.8 Å². The first kappa shape index (κ1) is 21.8. The minimum Gasteiger partial charge on any atom is -0.481 e. The van der Waals surface area contributed by atoms with Crippen LogP contribution in [0.4, 0.5) is 0 Å². The summed E-state index contributed by atoms with van der Waals surface area (Å²) < 4.78 is 29.0. The Morgan fingerprint density at radius 2 is 2.10 bits per heavy atom. The first-order chi connectivity index (χ1) is 14.8. The molecule has 0 spiro atoms. The van der Waals surface area contributed by atoms with Crippen molar-refractivity contribution in [1.82, 2.24) is 14.6 Å². The number of nitrogens with one attached hydrogen (secondary N) is 2. The largest absolute Gasteiger partial charge is 0.481 e. The standard InChI is InChI=1S/C23H30N4O3S/c1-15(2)27-13-18(14-27)31(24,29)26-22(28)12-21-19-6-4-5-16(19)7-8-20(21)17-9-10-25-23(11-17)30-3/h7-11,15,18H,4-6,12-14H2,1-3H3,(H2,24,26,28,29). The van der Waals surface area contributed by atoms with Gasteiger partial charge in [-0.3, -0.25) is 14.4 Å². The Hall–Kier alpha value is -2.45. The van der Waals surface area contributed by atoms with Gasteiger partial charge in [0.15, 0.2) is 0 Å². The van der Waals surface area contributed by atoms with Gasteiger partial charge in [-0.05, 0) is 67.0 Å². The van der Waals surface area contributed by atoms with Crippen LogP contribution in [-0.4, -0.2) is 51.5 Å². The van der Waals surface area contributed by atoms with Crippen LogP contribution in [0.5, 0.6) is 5.88 Å². The number of aryl methyl sites for hydroxylation is 1. The second-order valence-corrected chi connectivity index (χ2v) is 10.7. The van der Waals surface area contributed by atoms with Crippen molar-refractivity contribution in [2.45, 2.75) is 50.8 Å². The highest BCUT2D eigenvalue weighted by atomic mass is 32.2. The number of likely N-dealkylation sites (tertiary alicyclic amines) is 1. The Morgan fingerprint density at radius 1 is 1.32 bits per heavy atom. The molecule has 2 heterocycles. The van der Waals surface area contributed by atoms with Gasteiger partial charge in [0.25, 0.3) is 0 Å². The first-order valence-corrected chi connectivity index (χ1v) is 12.4. The van der Waals surface area contributed by atoms with Gasteiger partial charge in [0.1, 0.15) is 9.92 Å². The van der Waals surface area contributed by atoms with Crippen molar-refractivity contribution in [3.05, 3.63) is 47.2 Å². The van der Waals surface area contributed by atoms with E-state index < -0.39 is 9.92 Å². The van der Waals surface area contributed by atoms with E-state index >= 15 is 0 Å². The lowest BCUT2D eigenvalue weighted by atomic mass is 9.91. The zero-order valence-corrected chi connectivity index (χ0v) is 19.1. The van der Waals surface area contributed by atoms with Crippen molar-refractivity contribution in [2.24, 2.45) is 0 Å². The van der Waals surface area contributed by atoms with E-state index in [1.54, 1.807) is 13.3 Å². The van der Waals surface area contributed by atoms with Crippen molar-refractivity contribution in [1.29, 1.82) is 4.78 Å². The molecule has 1 amide bonds. The number of nitrogens with zero attached hydrogens (tertiary/aromatic N) is 2.